The third-order valence-electron chi connectivity index (χ3n) is 5.29. The topological polar surface area (TPSA) is 41.1 Å². The van der Waals surface area contributed by atoms with E-state index in [1.165, 1.54) is 25.7 Å². The molecule has 0 bridgehead atoms. The first-order chi connectivity index (χ1) is 9.53. The molecule has 0 aromatic heterocycles. The van der Waals surface area contributed by atoms with Crippen molar-refractivity contribution in [2.45, 2.75) is 71.8 Å². The molecule has 2 N–H and O–H groups in total. The van der Waals surface area contributed by atoms with Crippen LogP contribution in [0.3, 0.4) is 0 Å². The Morgan fingerprint density at radius 2 is 1.80 bits per heavy atom. The van der Waals surface area contributed by atoms with E-state index in [2.05, 4.69) is 31.4 Å². The standard InChI is InChI=1S/C17H32N2O/c1-13(2)12-17(8-4-5-9-17)16(20)19-14(3)15-6-10-18-11-7-15/h13-15,18H,4-12H2,1-3H3,(H,19,20). The molecule has 1 amide bonds. The average Bonchev–Trinajstić information content (AvgIpc) is 2.88. The fourth-order valence-corrected chi connectivity index (χ4v) is 4.18. The van der Waals surface area contributed by atoms with Crippen molar-refractivity contribution in [1.29, 1.82) is 0 Å². The lowest BCUT2D eigenvalue weighted by Crippen LogP contribution is -2.48. The van der Waals surface area contributed by atoms with Crippen LogP contribution in [0.5, 0.6) is 0 Å². The van der Waals surface area contributed by atoms with Gasteiger partial charge in [-0.3, -0.25) is 4.79 Å². The third-order valence-corrected chi connectivity index (χ3v) is 5.29. The van der Waals surface area contributed by atoms with Crippen LogP contribution in [0.1, 0.15) is 65.7 Å². The Hall–Kier alpha value is -0.570. The summed E-state index contributed by atoms with van der Waals surface area (Å²) in [5.41, 5.74) is -0.0602. The van der Waals surface area contributed by atoms with Crippen LogP contribution in [0.4, 0.5) is 0 Å². The van der Waals surface area contributed by atoms with E-state index in [0.717, 1.165) is 32.4 Å². The summed E-state index contributed by atoms with van der Waals surface area (Å²) in [5, 5.41) is 6.77. The molecule has 1 saturated heterocycles. The molecule has 1 atom stereocenters. The normalized spacial score (nSPS) is 24.8. The molecule has 1 aliphatic carbocycles. The lowest BCUT2D eigenvalue weighted by molar-refractivity contribution is -0.132. The van der Waals surface area contributed by atoms with Crippen molar-refractivity contribution in [1.82, 2.24) is 10.6 Å². The van der Waals surface area contributed by atoms with Crippen molar-refractivity contribution >= 4 is 5.91 Å². The zero-order valence-electron chi connectivity index (χ0n) is 13.5. The summed E-state index contributed by atoms with van der Waals surface area (Å²) in [7, 11) is 0. The number of carbonyl (C=O) groups excluding carboxylic acids is 1. The van der Waals surface area contributed by atoms with Gasteiger partial charge in [-0.1, -0.05) is 26.7 Å². The van der Waals surface area contributed by atoms with Gasteiger partial charge in [-0.2, -0.15) is 0 Å². The lowest BCUT2D eigenvalue weighted by atomic mass is 9.77. The van der Waals surface area contributed by atoms with E-state index in [1.807, 2.05) is 0 Å². The molecular formula is C17H32N2O. The van der Waals surface area contributed by atoms with E-state index in [1.54, 1.807) is 0 Å². The van der Waals surface area contributed by atoms with Crippen molar-refractivity contribution < 1.29 is 4.79 Å². The van der Waals surface area contributed by atoms with Crippen LogP contribution in [-0.2, 0) is 4.79 Å². The minimum atomic E-state index is -0.0602. The molecule has 3 heteroatoms. The summed E-state index contributed by atoms with van der Waals surface area (Å²) in [6.45, 7) is 8.88. The monoisotopic (exact) mass is 280 g/mol. The maximum atomic E-state index is 12.8. The minimum absolute atomic E-state index is 0.0602. The predicted octanol–water partition coefficient (Wildman–Crippen LogP) is 3.10. The van der Waals surface area contributed by atoms with Crippen LogP contribution >= 0.6 is 0 Å². The van der Waals surface area contributed by atoms with Crippen molar-refractivity contribution in [3.63, 3.8) is 0 Å². The first-order valence-corrected chi connectivity index (χ1v) is 8.55. The molecule has 1 saturated carbocycles. The van der Waals surface area contributed by atoms with E-state index in [9.17, 15) is 4.79 Å². The Kier molecular flexibility index (Phi) is 5.48. The zero-order valence-corrected chi connectivity index (χ0v) is 13.5. The summed E-state index contributed by atoms with van der Waals surface area (Å²) in [4.78, 5) is 12.8. The Balaban J connectivity index is 1.94. The summed E-state index contributed by atoms with van der Waals surface area (Å²) in [6, 6.07) is 0.328. The largest absolute Gasteiger partial charge is 0.353 e. The number of piperidine rings is 1. The van der Waals surface area contributed by atoms with Gasteiger partial charge in [0.25, 0.3) is 0 Å². The fraction of sp³-hybridized carbons (Fsp3) is 0.941. The molecular weight excluding hydrogens is 248 g/mol. The van der Waals surface area contributed by atoms with Crippen molar-refractivity contribution in [2.75, 3.05) is 13.1 Å². The molecule has 20 heavy (non-hydrogen) atoms. The highest BCUT2D eigenvalue weighted by molar-refractivity contribution is 5.83. The van der Waals surface area contributed by atoms with Gasteiger partial charge in [0.05, 0.1) is 0 Å². The number of nitrogens with one attached hydrogen (secondary N) is 2. The maximum absolute atomic E-state index is 12.8. The van der Waals surface area contributed by atoms with Crippen molar-refractivity contribution in [2.24, 2.45) is 17.3 Å². The number of hydrogen-bond acceptors (Lipinski definition) is 2. The summed E-state index contributed by atoms with van der Waals surface area (Å²) in [6.07, 6.45) is 8.07. The van der Waals surface area contributed by atoms with Gasteiger partial charge < -0.3 is 10.6 Å². The first kappa shape index (κ1) is 15.8. The SMILES string of the molecule is CC(C)CC1(C(=O)NC(C)C2CCNCC2)CCCC1. The van der Waals surface area contributed by atoms with Crippen LogP contribution in [0.2, 0.25) is 0 Å². The van der Waals surface area contributed by atoms with Gasteiger partial charge in [0.15, 0.2) is 0 Å². The van der Waals surface area contributed by atoms with Gasteiger partial charge in [-0.25, -0.2) is 0 Å². The minimum Gasteiger partial charge on any atom is -0.353 e. The molecule has 0 aromatic carbocycles. The van der Waals surface area contributed by atoms with E-state index in [4.69, 9.17) is 0 Å². The second kappa shape index (κ2) is 6.93. The van der Waals surface area contributed by atoms with Gasteiger partial charge in [-0.05, 0) is 64.0 Å². The fourth-order valence-electron chi connectivity index (χ4n) is 4.18. The van der Waals surface area contributed by atoms with Crippen LogP contribution in [0.25, 0.3) is 0 Å². The van der Waals surface area contributed by atoms with Crippen molar-refractivity contribution in [3.8, 4) is 0 Å². The van der Waals surface area contributed by atoms with E-state index in [0.29, 0.717) is 23.8 Å². The molecule has 1 unspecified atom stereocenters. The molecule has 2 aliphatic rings. The van der Waals surface area contributed by atoms with E-state index < -0.39 is 0 Å². The second-order valence-electron chi connectivity index (χ2n) is 7.43. The van der Waals surface area contributed by atoms with Crippen LogP contribution in [0.15, 0.2) is 0 Å². The average molecular weight is 280 g/mol. The van der Waals surface area contributed by atoms with Crippen molar-refractivity contribution in [3.05, 3.63) is 0 Å². The highest BCUT2D eigenvalue weighted by Gasteiger charge is 2.42. The third kappa shape index (κ3) is 3.75. The van der Waals surface area contributed by atoms with E-state index in [-0.39, 0.29) is 5.41 Å². The number of rotatable bonds is 5. The Morgan fingerprint density at radius 1 is 1.20 bits per heavy atom. The van der Waals surface area contributed by atoms with Gasteiger partial charge in [-0.15, -0.1) is 0 Å². The molecule has 2 rings (SSSR count). The van der Waals surface area contributed by atoms with E-state index >= 15 is 0 Å². The molecule has 0 radical (unpaired) electrons. The molecule has 0 aromatic rings. The van der Waals surface area contributed by atoms with Gasteiger partial charge >= 0.3 is 0 Å². The second-order valence-corrected chi connectivity index (χ2v) is 7.43. The van der Waals surface area contributed by atoms with Gasteiger partial charge in [0.2, 0.25) is 5.91 Å². The Morgan fingerprint density at radius 3 is 2.35 bits per heavy atom. The van der Waals surface area contributed by atoms with Crippen LogP contribution < -0.4 is 10.6 Å². The van der Waals surface area contributed by atoms with Gasteiger partial charge in [0, 0.05) is 11.5 Å². The quantitative estimate of drug-likeness (QED) is 0.812. The maximum Gasteiger partial charge on any atom is 0.226 e. The molecule has 3 nitrogen and oxygen atoms in total. The van der Waals surface area contributed by atoms with Crippen LogP contribution in [0, 0.1) is 17.3 Å². The Bertz CT molecular complexity index is 315. The number of carbonyl (C=O) groups is 1. The Labute approximate surface area is 124 Å². The smallest absolute Gasteiger partial charge is 0.226 e. The highest BCUT2D eigenvalue weighted by atomic mass is 16.2. The molecule has 1 aliphatic heterocycles. The molecule has 116 valence electrons. The van der Waals surface area contributed by atoms with Crippen LogP contribution in [-0.4, -0.2) is 25.0 Å². The summed E-state index contributed by atoms with van der Waals surface area (Å²) >= 11 is 0. The first-order valence-electron chi connectivity index (χ1n) is 8.55. The lowest BCUT2D eigenvalue weighted by Gasteiger charge is -2.34. The van der Waals surface area contributed by atoms with Gasteiger partial charge in [0.1, 0.15) is 0 Å². The molecule has 1 heterocycles. The predicted molar refractivity (Wildman–Crippen MR) is 83.6 cm³/mol. The molecule has 2 fully saturated rings. The number of hydrogen-bond donors (Lipinski definition) is 2. The number of amides is 1. The summed E-state index contributed by atoms with van der Waals surface area (Å²) < 4.78 is 0. The highest BCUT2D eigenvalue weighted by Crippen LogP contribution is 2.43. The summed E-state index contributed by atoms with van der Waals surface area (Å²) in [5.74, 6) is 1.60. The zero-order chi connectivity index (χ0) is 14.6. The molecule has 0 spiro atoms.